The van der Waals surface area contributed by atoms with Crippen molar-refractivity contribution in [2.24, 2.45) is 5.41 Å². The summed E-state index contributed by atoms with van der Waals surface area (Å²) in [4.78, 5) is 22.7. The molecule has 1 amide bonds. The van der Waals surface area contributed by atoms with Crippen molar-refractivity contribution in [3.05, 3.63) is 29.1 Å². The highest BCUT2D eigenvalue weighted by Gasteiger charge is 2.41. The van der Waals surface area contributed by atoms with Crippen molar-refractivity contribution in [3.63, 3.8) is 0 Å². The number of aromatic nitrogens is 1. The van der Waals surface area contributed by atoms with Gasteiger partial charge in [-0.1, -0.05) is 13.8 Å². The average Bonchev–Trinajstić information content (AvgIpc) is 2.86. The van der Waals surface area contributed by atoms with Gasteiger partial charge in [0.15, 0.2) is 0 Å². The van der Waals surface area contributed by atoms with E-state index in [1.807, 2.05) is 13.8 Å². The monoisotopic (exact) mass is 502 g/mol. The van der Waals surface area contributed by atoms with Crippen molar-refractivity contribution >= 4 is 5.91 Å². The number of nitrogens with zero attached hydrogens (tertiary/aromatic N) is 3. The van der Waals surface area contributed by atoms with E-state index in [-0.39, 0.29) is 24.6 Å². The van der Waals surface area contributed by atoms with E-state index in [2.05, 4.69) is 11.9 Å². The Morgan fingerprint density at radius 1 is 1.34 bits per heavy atom. The number of likely N-dealkylation sites (N-methyl/N-ethyl adjacent to an activating group) is 1. The van der Waals surface area contributed by atoms with Gasteiger partial charge in [0.05, 0.1) is 25.7 Å². The van der Waals surface area contributed by atoms with E-state index in [1.54, 1.807) is 12.0 Å². The van der Waals surface area contributed by atoms with Crippen molar-refractivity contribution < 1.29 is 37.0 Å². The standard InChI is InChI=1S/C25H39F3N3O4/c1-6-24(2,10-7-11-29(3)21-9-13-35-17-22(21)33-4)23(32)30-12-8-20-18(15-30)14-19(25(26,27)28)16-31(20)34-5/h14,16,21-22H,6-13,15,17H2,1-5H3/q+1/t21?,22?,24-/m1/s1. The lowest BCUT2D eigenvalue weighted by atomic mass is 9.80. The smallest absolute Gasteiger partial charge is 0.379 e. The van der Waals surface area contributed by atoms with Crippen LogP contribution in [0, 0.1) is 5.41 Å². The third-order valence-corrected chi connectivity index (χ3v) is 7.69. The van der Waals surface area contributed by atoms with E-state index < -0.39 is 17.2 Å². The molecule has 0 saturated carbocycles. The Morgan fingerprint density at radius 3 is 2.71 bits per heavy atom. The fourth-order valence-corrected chi connectivity index (χ4v) is 5.21. The fourth-order valence-electron chi connectivity index (χ4n) is 5.21. The molecule has 7 nitrogen and oxygen atoms in total. The van der Waals surface area contributed by atoms with Crippen LogP contribution in [0.3, 0.4) is 0 Å². The SMILES string of the molecule is CC[C@](C)(CCCN(C)C1CCOCC1OC)C(=O)N1CCc2c(cc(C(F)(F)F)c[n+]2OC)C1. The summed E-state index contributed by atoms with van der Waals surface area (Å²) in [5.41, 5.74) is -0.206. The number of carbonyl (C=O) groups is 1. The molecule has 1 saturated heterocycles. The fraction of sp³-hybridized carbons (Fsp3) is 0.760. The van der Waals surface area contributed by atoms with E-state index in [0.29, 0.717) is 43.7 Å². The van der Waals surface area contributed by atoms with Crippen molar-refractivity contribution in [1.82, 2.24) is 9.80 Å². The number of methoxy groups -OCH3 is 1. The molecule has 0 N–H and O–H groups in total. The van der Waals surface area contributed by atoms with Gasteiger partial charge in [0.25, 0.3) is 0 Å². The zero-order valence-corrected chi connectivity index (χ0v) is 21.5. The minimum atomic E-state index is -4.49. The van der Waals surface area contributed by atoms with Crippen LogP contribution in [0.4, 0.5) is 13.2 Å². The first kappa shape index (κ1) is 27.7. The third kappa shape index (κ3) is 6.27. The highest BCUT2D eigenvalue weighted by atomic mass is 19.4. The number of alkyl halides is 3. The van der Waals surface area contributed by atoms with Crippen LogP contribution in [-0.2, 0) is 33.4 Å². The molecule has 0 radical (unpaired) electrons. The van der Waals surface area contributed by atoms with E-state index >= 15 is 0 Å². The van der Waals surface area contributed by atoms with Crippen molar-refractivity contribution in [1.29, 1.82) is 0 Å². The molecule has 0 aliphatic carbocycles. The summed E-state index contributed by atoms with van der Waals surface area (Å²) in [5.74, 6) is -0.00415. The van der Waals surface area contributed by atoms with Gasteiger partial charge in [-0.15, -0.1) is 0 Å². The number of ether oxygens (including phenoxy) is 2. The van der Waals surface area contributed by atoms with Crippen LogP contribution in [0.1, 0.15) is 56.4 Å². The summed E-state index contributed by atoms with van der Waals surface area (Å²) in [7, 11) is 5.13. The topological polar surface area (TPSA) is 55.1 Å². The number of carbonyl (C=O) groups excluding carboxylic acids is 1. The molecule has 2 aliphatic heterocycles. The van der Waals surface area contributed by atoms with Gasteiger partial charge in [-0.05, 0) is 45.3 Å². The number of pyridine rings is 1. The third-order valence-electron chi connectivity index (χ3n) is 7.69. The molecule has 0 bridgehead atoms. The van der Waals surface area contributed by atoms with Crippen LogP contribution in [0.25, 0.3) is 0 Å². The van der Waals surface area contributed by atoms with Crippen LogP contribution in [0.5, 0.6) is 0 Å². The number of amides is 1. The molecule has 3 heterocycles. The molecular weight excluding hydrogens is 463 g/mol. The maximum atomic E-state index is 13.6. The van der Waals surface area contributed by atoms with Crippen LogP contribution in [0.2, 0.25) is 0 Å². The van der Waals surface area contributed by atoms with Gasteiger partial charge in [-0.25, -0.2) is 0 Å². The van der Waals surface area contributed by atoms with Gasteiger partial charge < -0.3 is 19.3 Å². The number of hydrogen-bond donors (Lipinski definition) is 0. The van der Waals surface area contributed by atoms with Gasteiger partial charge in [0.2, 0.25) is 17.8 Å². The second-order valence-corrected chi connectivity index (χ2v) is 9.89. The van der Waals surface area contributed by atoms with Gasteiger partial charge in [-0.3, -0.25) is 9.63 Å². The summed E-state index contributed by atoms with van der Waals surface area (Å²) in [6.45, 7) is 6.71. The summed E-state index contributed by atoms with van der Waals surface area (Å²) in [6, 6.07) is 1.43. The lowest BCUT2D eigenvalue weighted by Crippen LogP contribution is -2.52. The maximum absolute atomic E-state index is 13.6. The van der Waals surface area contributed by atoms with Crippen molar-refractivity contribution in [2.45, 2.75) is 70.8 Å². The first-order valence-electron chi connectivity index (χ1n) is 12.3. The molecule has 10 heteroatoms. The van der Waals surface area contributed by atoms with Gasteiger partial charge in [-0.2, -0.15) is 13.2 Å². The molecule has 2 unspecified atom stereocenters. The molecule has 198 valence electrons. The minimum Gasteiger partial charge on any atom is -0.379 e. The predicted molar refractivity (Wildman–Crippen MR) is 124 cm³/mol. The highest BCUT2D eigenvalue weighted by Crippen LogP contribution is 2.34. The minimum absolute atomic E-state index is 0.00415. The Hall–Kier alpha value is -1.91. The Bertz CT molecular complexity index is 882. The Balaban J connectivity index is 1.66. The normalized spacial score (nSPS) is 22.6. The molecule has 35 heavy (non-hydrogen) atoms. The van der Waals surface area contributed by atoms with Gasteiger partial charge in [0.1, 0.15) is 12.7 Å². The maximum Gasteiger partial charge on any atom is 0.422 e. The van der Waals surface area contributed by atoms with E-state index in [9.17, 15) is 18.0 Å². The second kappa shape index (κ2) is 11.4. The lowest BCUT2D eigenvalue weighted by molar-refractivity contribution is -0.891. The lowest BCUT2D eigenvalue weighted by Gasteiger charge is -2.38. The van der Waals surface area contributed by atoms with E-state index in [1.165, 1.54) is 11.8 Å². The molecule has 1 fully saturated rings. The largest absolute Gasteiger partial charge is 0.422 e. The average molecular weight is 503 g/mol. The molecule has 0 spiro atoms. The van der Waals surface area contributed by atoms with Crippen LogP contribution in [0.15, 0.2) is 12.3 Å². The quantitative estimate of drug-likeness (QED) is 0.486. The van der Waals surface area contributed by atoms with Crippen molar-refractivity contribution in [3.8, 4) is 0 Å². The molecule has 1 aromatic heterocycles. The molecular formula is C25H39F3N3O4+. The van der Waals surface area contributed by atoms with Gasteiger partial charge >= 0.3 is 6.18 Å². The number of fused-ring (bicyclic) bond motifs is 1. The number of rotatable bonds is 9. The zero-order chi connectivity index (χ0) is 25.8. The Labute approximate surface area is 206 Å². The Kier molecular flexibility index (Phi) is 9.04. The molecule has 1 aromatic rings. The second-order valence-electron chi connectivity index (χ2n) is 9.89. The molecule has 3 rings (SSSR count). The van der Waals surface area contributed by atoms with Crippen LogP contribution < -0.4 is 9.57 Å². The van der Waals surface area contributed by atoms with E-state index in [4.69, 9.17) is 14.3 Å². The first-order valence-corrected chi connectivity index (χ1v) is 12.3. The highest BCUT2D eigenvalue weighted by molar-refractivity contribution is 5.82. The van der Waals surface area contributed by atoms with E-state index in [0.717, 1.165) is 38.3 Å². The summed E-state index contributed by atoms with van der Waals surface area (Å²) >= 11 is 0. The number of halogens is 3. The molecule has 2 aliphatic rings. The Morgan fingerprint density at radius 2 is 2.09 bits per heavy atom. The van der Waals surface area contributed by atoms with Crippen molar-refractivity contribution in [2.75, 3.05) is 47.6 Å². The molecule has 0 aromatic carbocycles. The van der Waals surface area contributed by atoms with Crippen LogP contribution in [-0.4, -0.2) is 75.4 Å². The summed E-state index contributed by atoms with van der Waals surface area (Å²) in [6.07, 6.45) is 0.0818. The van der Waals surface area contributed by atoms with Gasteiger partial charge in [0, 0.05) is 42.0 Å². The summed E-state index contributed by atoms with van der Waals surface area (Å²) < 4.78 is 52.5. The van der Waals surface area contributed by atoms with Crippen LogP contribution >= 0.6 is 0 Å². The number of hydrogen-bond acceptors (Lipinski definition) is 5. The predicted octanol–water partition coefficient (Wildman–Crippen LogP) is 2.87. The zero-order valence-electron chi connectivity index (χ0n) is 21.5. The first-order chi connectivity index (χ1) is 16.5. The summed E-state index contributed by atoms with van der Waals surface area (Å²) in [5, 5.41) is 0. The molecule has 3 atom stereocenters.